The molecule has 0 rings (SSSR count). The van der Waals surface area contributed by atoms with E-state index < -0.39 is 60.6 Å². The number of aliphatic carboxylic acids is 1. The van der Waals surface area contributed by atoms with Crippen molar-refractivity contribution in [1.29, 1.82) is 0 Å². The molecule has 0 radical (unpaired) electrons. The van der Waals surface area contributed by atoms with Crippen LogP contribution in [-0.2, 0) is 28.7 Å². The number of hydrogen-bond acceptors (Lipinski definition) is 8. The standard InChI is InChI=1S/C14H21NO9/c1-14(2,7-16)11(20)12(21)15-6-5-10(19)24-9(18)4-3-8(17)13(22)23/h11,16,20H,3-7H2,1-2H3,(H,15,21)(H,22,23)/t11-/m0/s1. The maximum absolute atomic E-state index is 11.6. The van der Waals surface area contributed by atoms with Crippen molar-refractivity contribution in [3.05, 3.63) is 0 Å². The highest BCUT2D eigenvalue weighted by molar-refractivity contribution is 6.32. The topological polar surface area (TPSA) is 167 Å². The van der Waals surface area contributed by atoms with Gasteiger partial charge in [-0.1, -0.05) is 13.8 Å². The van der Waals surface area contributed by atoms with Crippen LogP contribution < -0.4 is 5.32 Å². The van der Waals surface area contributed by atoms with Crippen LogP contribution >= 0.6 is 0 Å². The van der Waals surface area contributed by atoms with Crippen LogP contribution in [0.25, 0.3) is 0 Å². The van der Waals surface area contributed by atoms with Crippen molar-refractivity contribution in [2.75, 3.05) is 13.2 Å². The normalized spacial score (nSPS) is 12.2. The van der Waals surface area contributed by atoms with Gasteiger partial charge < -0.3 is 25.4 Å². The molecule has 1 atom stereocenters. The summed E-state index contributed by atoms with van der Waals surface area (Å²) in [5.41, 5.74) is -1.06. The molecule has 0 fully saturated rings. The van der Waals surface area contributed by atoms with Crippen LogP contribution in [0.1, 0.15) is 33.1 Å². The number of amides is 1. The van der Waals surface area contributed by atoms with Crippen LogP contribution in [-0.4, -0.2) is 64.2 Å². The van der Waals surface area contributed by atoms with Crippen molar-refractivity contribution >= 4 is 29.6 Å². The Bertz CT molecular complexity index is 512. The van der Waals surface area contributed by atoms with E-state index in [0.717, 1.165) is 0 Å². The Kier molecular flexibility index (Phi) is 8.78. The number of ketones is 1. The van der Waals surface area contributed by atoms with E-state index in [1.807, 2.05) is 0 Å². The van der Waals surface area contributed by atoms with Crippen LogP contribution in [0.5, 0.6) is 0 Å². The molecule has 0 saturated heterocycles. The van der Waals surface area contributed by atoms with Gasteiger partial charge in [-0.3, -0.25) is 19.2 Å². The molecule has 24 heavy (non-hydrogen) atoms. The van der Waals surface area contributed by atoms with Gasteiger partial charge in [-0.25, -0.2) is 4.79 Å². The molecule has 136 valence electrons. The predicted octanol–water partition coefficient (Wildman–Crippen LogP) is -1.62. The minimum atomic E-state index is -1.68. The molecule has 0 aliphatic heterocycles. The molecule has 0 aromatic heterocycles. The first-order valence-corrected chi connectivity index (χ1v) is 7.07. The number of hydrogen-bond donors (Lipinski definition) is 4. The number of aliphatic hydroxyl groups is 2. The fourth-order valence-electron chi connectivity index (χ4n) is 1.38. The maximum atomic E-state index is 11.6. The largest absolute Gasteiger partial charge is 0.476 e. The number of carbonyl (C=O) groups excluding carboxylic acids is 4. The number of carboxylic acid groups (broad SMARTS) is 1. The number of rotatable bonds is 10. The van der Waals surface area contributed by atoms with Crippen LogP contribution in [0.15, 0.2) is 0 Å². The van der Waals surface area contributed by atoms with Crippen molar-refractivity contribution in [2.45, 2.75) is 39.2 Å². The van der Waals surface area contributed by atoms with Gasteiger partial charge in [0.15, 0.2) is 0 Å². The maximum Gasteiger partial charge on any atom is 0.372 e. The first-order chi connectivity index (χ1) is 11.0. The van der Waals surface area contributed by atoms with Gasteiger partial charge in [0.2, 0.25) is 11.7 Å². The zero-order chi connectivity index (χ0) is 18.9. The average molecular weight is 347 g/mol. The summed E-state index contributed by atoms with van der Waals surface area (Å²) in [6.45, 7) is 2.32. The van der Waals surface area contributed by atoms with Crippen LogP contribution in [0.2, 0.25) is 0 Å². The molecule has 0 spiro atoms. The third kappa shape index (κ3) is 7.79. The Hall–Kier alpha value is -2.33. The van der Waals surface area contributed by atoms with Gasteiger partial charge in [-0.05, 0) is 0 Å². The fourth-order valence-corrected chi connectivity index (χ4v) is 1.38. The van der Waals surface area contributed by atoms with E-state index in [1.54, 1.807) is 0 Å². The molecule has 10 heteroatoms. The Morgan fingerprint density at radius 2 is 1.58 bits per heavy atom. The predicted molar refractivity (Wildman–Crippen MR) is 77.5 cm³/mol. The quantitative estimate of drug-likeness (QED) is 0.206. The first kappa shape index (κ1) is 21.7. The van der Waals surface area contributed by atoms with Crippen molar-refractivity contribution in [1.82, 2.24) is 5.32 Å². The minimum Gasteiger partial charge on any atom is -0.476 e. The second-order valence-corrected chi connectivity index (χ2v) is 5.66. The monoisotopic (exact) mass is 347 g/mol. The van der Waals surface area contributed by atoms with Gasteiger partial charge in [0, 0.05) is 18.4 Å². The van der Waals surface area contributed by atoms with E-state index in [4.69, 9.17) is 10.2 Å². The summed E-state index contributed by atoms with van der Waals surface area (Å²) in [5.74, 6) is -5.67. The van der Waals surface area contributed by atoms with E-state index in [9.17, 15) is 29.1 Å². The lowest BCUT2D eigenvalue weighted by atomic mass is 9.87. The molecular weight excluding hydrogens is 326 g/mol. The van der Waals surface area contributed by atoms with E-state index >= 15 is 0 Å². The average Bonchev–Trinajstić information content (AvgIpc) is 2.51. The number of ether oxygens (including phenoxy) is 1. The van der Waals surface area contributed by atoms with E-state index in [1.165, 1.54) is 13.8 Å². The molecule has 0 aromatic rings. The summed E-state index contributed by atoms with van der Waals surface area (Å²) in [5, 5.41) is 29.3. The number of Topliss-reactive ketones (excluding diaryl/α,β-unsaturated/α-hetero) is 1. The highest BCUT2D eigenvalue weighted by Crippen LogP contribution is 2.19. The third-order valence-electron chi connectivity index (χ3n) is 3.05. The van der Waals surface area contributed by atoms with Gasteiger partial charge in [0.05, 0.1) is 19.4 Å². The summed E-state index contributed by atoms with van der Waals surface area (Å²) in [7, 11) is 0. The molecule has 0 aliphatic carbocycles. The first-order valence-electron chi connectivity index (χ1n) is 7.07. The number of carboxylic acids is 1. The molecule has 4 N–H and O–H groups in total. The second kappa shape index (κ2) is 9.73. The lowest BCUT2D eigenvalue weighted by Gasteiger charge is -2.27. The summed E-state index contributed by atoms with van der Waals surface area (Å²) in [4.78, 5) is 55.2. The Morgan fingerprint density at radius 3 is 2.08 bits per heavy atom. The number of nitrogens with one attached hydrogen (secondary N) is 1. The molecule has 0 aliphatic rings. The molecule has 10 nitrogen and oxygen atoms in total. The van der Waals surface area contributed by atoms with E-state index in [2.05, 4.69) is 10.1 Å². The number of aliphatic hydroxyl groups excluding tert-OH is 2. The zero-order valence-corrected chi connectivity index (χ0v) is 13.4. The van der Waals surface area contributed by atoms with Gasteiger partial charge >= 0.3 is 17.9 Å². The van der Waals surface area contributed by atoms with Crippen LogP contribution in [0, 0.1) is 5.41 Å². The van der Waals surface area contributed by atoms with Gasteiger partial charge in [0.25, 0.3) is 0 Å². The Labute approximate surface area is 137 Å². The van der Waals surface area contributed by atoms with Crippen LogP contribution in [0.4, 0.5) is 0 Å². The summed E-state index contributed by atoms with van der Waals surface area (Å²) < 4.78 is 4.33. The lowest BCUT2D eigenvalue weighted by molar-refractivity contribution is -0.160. The summed E-state index contributed by atoms with van der Waals surface area (Å²) in [6, 6.07) is 0. The smallest absolute Gasteiger partial charge is 0.372 e. The molecule has 1 amide bonds. The molecule has 0 saturated carbocycles. The molecule has 0 aromatic carbocycles. The van der Waals surface area contributed by atoms with Gasteiger partial charge in [-0.15, -0.1) is 0 Å². The van der Waals surface area contributed by atoms with Gasteiger partial charge in [-0.2, -0.15) is 0 Å². The van der Waals surface area contributed by atoms with Crippen LogP contribution in [0.3, 0.4) is 0 Å². The minimum absolute atomic E-state index is 0.211. The Balaban J connectivity index is 4.10. The summed E-state index contributed by atoms with van der Waals surface area (Å²) in [6.07, 6.45) is -2.98. The van der Waals surface area contributed by atoms with Crippen molar-refractivity contribution in [3.8, 4) is 0 Å². The number of esters is 2. The SMILES string of the molecule is CC(C)(CO)[C@@H](O)C(=O)NCCC(=O)OC(=O)CCC(=O)C(=O)O. The molecular formula is C14H21NO9. The highest BCUT2D eigenvalue weighted by atomic mass is 16.6. The molecule has 0 heterocycles. The zero-order valence-electron chi connectivity index (χ0n) is 13.4. The van der Waals surface area contributed by atoms with Crippen molar-refractivity contribution in [3.63, 3.8) is 0 Å². The molecule has 0 unspecified atom stereocenters. The highest BCUT2D eigenvalue weighted by Gasteiger charge is 2.32. The third-order valence-corrected chi connectivity index (χ3v) is 3.05. The second-order valence-electron chi connectivity index (χ2n) is 5.66. The van der Waals surface area contributed by atoms with Gasteiger partial charge in [0.1, 0.15) is 6.10 Å². The van der Waals surface area contributed by atoms with Crippen molar-refractivity contribution in [2.24, 2.45) is 5.41 Å². The lowest BCUT2D eigenvalue weighted by Crippen LogP contribution is -2.46. The Morgan fingerprint density at radius 1 is 1.04 bits per heavy atom. The van der Waals surface area contributed by atoms with Crippen molar-refractivity contribution < 1.29 is 44.0 Å². The van der Waals surface area contributed by atoms with E-state index in [-0.39, 0.29) is 13.0 Å². The summed E-state index contributed by atoms with van der Waals surface area (Å²) >= 11 is 0. The number of carbonyl (C=O) groups is 5. The molecule has 0 bridgehead atoms. The van der Waals surface area contributed by atoms with E-state index in [0.29, 0.717) is 0 Å². The fraction of sp³-hybridized carbons (Fsp3) is 0.643.